The molecule has 0 heterocycles. The first-order valence-corrected chi connectivity index (χ1v) is 5.45. The molecule has 0 spiro atoms. The van der Waals surface area contributed by atoms with Gasteiger partial charge in [-0.1, -0.05) is 24.3 Å². The molecule has 2 rings (SSSR count). The van der Waals surface area contributed by atoms with Gasteiger partial charge in [-0.15, -0.1) is 5.12 Å². The lowest BCUT2D eigenvalue weighted by Gasteiger charge is -2.19. The van der Waals surface area contributed by atoms with Gasteiger partial charge in [0.2, 0.25) is 11.8 Å². The molecular weight excluding hydrogens is 218 g/mol. The van der Waals surface area contributed by atoms with Gasteiger partial charge in [-0.25, -0.2) is 0 Å². The standard InChI is InChI=1S/C6H13N3O2.C6H4/c1-4-9(7-5(2)10)8-6(3)11;1-2-6-4-3-5(1)6/h4H2,1-3H3,(H,7,10)(H,8,11);1-4H. The monoisotopic (exact) mass is 235 g/mol. The van der Waals surface area contributed by atoms with Gasteiger partial charge in [-0.3, -0.25) is 20.4 Å². The van der Waals surface area contributed by atoms with Crippen LogP contribution in [0.15, 0.2) is 24.3 Å². The minimum atomic E-state index is -0.208. The number of fused-ring (bicyclic) bond motifs is 1. The molecule has 0 fully saturated rings. The highest BCUT2D eigenvalue weighted by Gasteiger charge is 2.04. The molecule has 0 atom stereocenters. The molecular formula is C12H17N3O2. The third-order valence-corrected chi connectivity index (χ3v) is 2.12. The number of rotatable bonds is 3. The van der Waals surface area contributed by atoms with E-state index in [9.17, 15) is 9.59 Å². The van der Waals surface area contributed by atoms with E-state index in [0.29, 0.717) is 6.54 Å². The Morgan fingerprint density at radius 2 is 1.35 bits per heavy atom. The van der Waals surface area contributed by atoms with Gasteiger partial charge in [0.1, 0.15) is 0 Å². The summed E-state index contributed by atoms with van der Waals surface area (Å²) in [4.78, 5) is 21.0. The molecule has 0 aromatic heterocycles. The minimum absolute atomic E-state index is 0.208. The van der Waals surface area contributed by atoms with Crippen LogP contribution in [0.1, 0.15) is 20.8 Å². The highest BCUT2D eigenvalue weighted by atomic mass is 16.2. The molecule has 0 saturated heterocycles. The van der Waals surface area contributed by atoms with Crippen LogP contribution in [0.2, 0.25) is 0 Å². The van der Waals surface area contributed by atoms with Gasteiger partial charge in [0.15, 0.2) is 0 Å². The van der Waals surface area contributed by atoms with Gasteiger partial charge in [-0.2, -0.15) is 0 Å². The lowest BCUT2D eigenvalue weighted by atomic mass is 9.95. The molecule has 2 aliphatic carbocycles. The fourth-order valence-electron chi connectivity index (χ4n) is 1.23. The maximum atomic E-state index is 10.5. The first-order valence-electron chi connectivity index (χ1n) is 5.45. The molecule has 92 valence electrons. The number of carbonyl (C=O) groups is 2. The summed E-state index contributed by atoms with van der Waals surface area (Å²) >= 11 is 0. The Bertz CT molecular complexity index is 364. The van der Waals surface area contributed by atoms with Gasteiger partial charge in [0, 0.05) is 20.4 Å². The predicted octanol–water partition coefficient (Wildman–Crippen LogP) is 1.08. The number of hydrogen-bond donors (Lipinski definition) is 2. The Balaban J connectivity index is 0.000000196. The summed E-state index contributed by atoms with van der Waals surface area (Å²) in [5.41, 5.74) is 7.70. The van der Waals surface area contributed by atoms with E-state index in [1.54, 1.807) is 0 Å². The number of nitrogens with one attached hydrogen (secondary N) is 2. The van der Waals surface area contributed by atoms with Crippen LogP contribution in [-0.4, -0.2) is 23.5 Å². The Hall–Kier alpha value is -1.88. The lowest BCUT2D eigenvalue weighted by Crippen LogP contribution is -2.51. The molecule has 2 aliphatic rings. The molecule has 2 amide bonds. The second-order valence-electron chi connectivity index (χ2n) is 3.66. The van der Waals surface area contributed by atoms with Crippen molar-refractivity contribution in [3.63, 3.8) is 0 Å². The van der Waals surface area contributed by atoms with E-state index in [0.717, 1.165) is 0 Å². The zero-order chi connectivity index (χ0) is 12.8. The zero-order valence-corrected chi connectivity index (χ0v) is 10.3. The third kappa shape index (κ3) is 4.24. The Labute approximate surface area is 101 Å². The number of benzene rings is 1. The van der Waals surface area contributed by atoms with E-state index in [-0.39, 0.29) is 11.8 Å². The van der Waals surface area contributed by atoms with Gasteiger partial charge in [0.25, 0.3) is 0 Å². The molecule has 17 heavy (non-hydrogen) atoms. The number of carbonyl (C=O) groups excluding carboxylic acids is 2. The van der Waals surface area contributed by atoms with Crippen molar-refractivity contribution in [1.29, 1.82) is 0 Å². The van der Waals surface area contributed by atoms with Crippen LogP contribution >= 0.6 is 0 Å². The summed E-state index contributed by atoms with van der Waals surface area (Å²) < 4.78 is 0. The largest absolute Gasteiger partial charge is 0.274 e. The van der Waals surface area contributed by atoms with Crippen LogP contribution in [-0.2, 0) is 9.59 Å². The van der Waals surface area contributed by atoms with Gasteiger partial charge in [-0.05, 0) is 18.1 Å². The molecule has 0 aliphatic heterocycles. The van der Waals surface area contributed by atoms with Crippen molar-refractivity contribution in [1.82, 2.24) is 16.0 Å². The van der Waals surface area contributed by atoms with E-state index in [2.05, 4.69) is 35.1 Å². The van der Waals surface area contributed by atoms with Gasteiger partial charge >= 0.3 is 0 Å². The van der Waals surface area contributed by atoms with Crippen LogP contribution in [0.25, 0.3) is 11.1 Å². The molecule has 5 nitrogen and oxygen atoms in total. The minimum Gasteiger partial charge on any atom is -0.274 e. The van der Waals surface area contributed by atoms with Crippen molar-refractivity contribution in [3.05, 3.63) is 24.3 Å². The number of amides is 2. The fourth-order valence-corrected chi connectivity index (χ4v) is 1.23. The lowest BCUT2D eigenvalue weighted by molar-refractivity contribution is -0.131. The summed E-state index contributed by atoms with van der Waals surface area (Å²) in [5, 5.41) is 1.32. The second-order valence-corrected chi connectivity index (χ2v) is 3.66. The molecule has 0 aromatic rings. The first-order chi connectivity index (χ1) is 8.02. The molecule has 0 bridgehead atoms. The highest BCUT2D eigenvalue weighted by Crippen LogP contribution is 2.29. The Morgan fingerprint density at radius 1 is 1.00 bits per heavy atom. The van der Waals surface area contributed by atoms with E-state index >= 15 is 0 Å². The maximum Gasteiger partial charge on any atom is 0.232 e. The van der Waals surface area contributed by atoms with Gasteiger partial charge in [0.05, 0.1) is 0 Å². The number of hydrogen-bond acceptors (Lipinski definition) is 3. The third-order valence-electron chi connectivity index (χ3n) is 2.12. The van der Waals surface area contributed by atoms with E-state index < -0.39 is 0 Å². The van der Waals surface area contributed by atoms with Crippen molar-refractivity contribution in [2.24, 2.45) is 0 Å². The van der Waals surface area contributed by atoms with Crippen LogP contribution in [0.4, 0.5) is 0 Å². The maximum absolute atomic E-state index is 10.5. The predicted molar refractivity (Wildman–Crippen MR) is 65.4 cm³/mol. The molecule has 5 heteroatoms. The molecule has 0 aromatic carbocycles. The van der Waals surface area contributed by atoms with Crippen molar-refractivity contribution >= 4 is 11.8 Å². The van der Waals surface area contributed by atoms with E-state index in [1.165, 1.54) is 30.1 Å². The number of hydrazine groups is 2. The van der Waals surface area contributed by atoms with E-state index in [1.807, 2.05) is 6.92 Å². The quantitative estimate of drug-likeness (QED) is 0.782. The average molecular weight is 235 g/mol. The summed E-state index contributed by atoms with van der Waals surface area (Å²) in [5.74, 6) is -0.416. The van der Waals surface area contributed by atoms with Crippen molar-refractivity contribution in [2.45, 2.75) is 20.8 Å². The van der Waals surface area contributed by atoms with Crippen LogP contribution in [0, 0.1) is 0 Å². The number of nitrogens with zero attached hydrogens (tertiary/aromatic N) is 1. The molecule has 0 unspecified atom stereocenters. The Morgan fingerprint density at radius 3 is 1.47 bits per heavy atom. The molecule has 0 radical (unpaired) electrons. The zero-order valence-electron chi connectivity index (χ0n) is 10.3. The smallest absolute Gasteiger partial charge is 0.232 e. The average Bonchev–Trinajstić information content (AvgIpc) is 2.22. The summed E-state index contributed by atoms with van der Waals surface area (Å²) in [7, 11) is 0. The summed E-state index contributed by atoms with van der Waals surface area (Å²) in [6.45, 7) is 5.10. The first kappa shape index (κ1) is 13.2. The summed E-state index contributed by atoms with van der Waals surface area (Å²) in [6.07, 6.45) is 0. The van der Waals surface area contributed by atoms with Crippen LogP contribution < -0.4 is 10.9 Å². The fraction of sp³-hybridized carbons (Fsp3) is 0.333. The van der Waals surface area contributed by atoms with Crippen molar-refractivity contribution in [3.8, 4) is 11.1 Å². The normalized spacial score (nSPS) is 10.1. The van der Waals surface area contributed by atoms with E-state index in [4.69, 9.17) is 0 Å². The highest BCUT2D eigenvalue weighted by molar-refractivity contribution is 5.75. The second kappa shape index (κ2) is 6.00. The van der Waals surface area contributed by atoms with Crippen molar-refractivity contribution in [2.75, 3.05) is 6.54 Å². The SMILES string of the molecule is CCN(NC(C)=O)NC(C)=O.c1cc2ccc1-2. The summed E-state index contributed by atoms with van der Waals surface area (Å²) in [6, 6.07) is 8.48. The Kier molecular flexibility index (Phi) is 4.66. The van der Waals surface area contributed by atoms with Crippen LogP contribution in [0.5, 0.6) is 0 Å². The molecule has 2 N–H and O–H groups in total. The van der Waals surface area contributed by atoms with Gasteiger partial charge < -0.3 is 0 Å². The van der Waals surface area contributed by atoms with Crippen LogP contribution in [0.3, 0.4) is 0 Å². The topological polar surface area (TPSA) is 61.4 Å². The van der Waals surface area contributed by atoms with Crippen molar-refractivity contribution < 1.29 is 9.59 Å². The molecule has 0 saturated carbocycles.